The van der Waals surface area contributed by atoms with E-state index < -0.39 is 6.68 Å². The van der Waals surface area contributed by atoms with Gasteiger partial charge in [-0.1, -0.05) is 12.1 Å². The second-order valence-corrected chi connectivity index (χ2v) is 2.73. The van der Waals surface area contributed by atoms with Gasteiger partial charge >= 0.3 is 6.68 Å². The highest BCUT2D eigenvalue weighted by Crippen LogP contribution is 2.01. The third kappa shape index (κ3) is 7.67. The maximum atomic E-state index is 9.67. The van der Waals surface area contributed by atoms with Crippen LogP contribution in [0.1, 0.15) is 5.56 Å². The third-order valence-electron chi connectivity index (χ3n) is 1.19. The maximum absolute atomic E-state index is 9.67. The van der Waals surface area contributed by atoms with Gasteiger partial charge in [0.1, 0.15) is 4.90 Å². The first-order valence-electron chi connectivity index (χ1n) is 3.49. The van der Waals surface area contributed by atoms with Crippen molar-refractivity contribution in [3.05, 3.63) is 29.8 Å². The average molecular weight is 210 g/mol. The number of rotatable bonds is 1. The normalized spacial score (nSPS) is 9.38. The Labute approximate surface area is 80.2 Å². The zero-order valence-corrected chi connectivity index (χ0v) is 7.81. The summed E-state index contributed by atoms with van der Waals surface area (Å²) in [6.45, 7) is -3.05. The number of benzene rings is 1. The Morgan fingerprint density at radius 1 is 1.15 bits per heavy atom. The van der Waals surface area contributed by atoms with Crippen LogP contribution in [0.25, 0.3) is 0 Å². The molecule has 0 aliphatic rings. The van der Waals surface area contributed by atoms with E-state index in [-0.39, 0.29) is 0 Å². The molecular formula is C8H11F3NS+. The van der Waals surface area contributed by atoms with Crippen LogP contribution in [0.4, 0.5) is 13.2 Å². The molecule has 5 heteroatoms. The second kappa shape index (κ2) is 6.80. The molecule has 0 saturated carbocycles. The van der Waals surface area contributed by atoms with Crippen molar-refractivity contribution in [2.24, 2.45) is 5.73 Å². The number of hydrogen-bond donors (Lipinski definition) is 1. The molecule has 0 radical (unpaired) electrons. The van der Waals surface area contributed by atoms with Crippen molar-refractivity contribution in [2.75, 3.05) is 0 Å². The predicted octanol–water partition coefficient (Wildman–Crippen LogP) is 1.69. The van der Waals surface area contributed by atoms with Crippen LogP contribution < -0.4 is 5.73 Å². The van der Waals surface area contributed by atoms with Crippen molar-refractivity contribution >= 4 is 12.6 Å². The molecule has 0 bridgehead atoms. The van der Waals surface area contributed by atoms with E-state index in [1.807, 2.05) is 24.3 Å². The van der Waals surface area contributed by atoms with E-state index in [1.165, 1.54) is 0 Å². The van der Waals surface area contributed by atoms with E-state index in [9.17, 15) is 13.2 Å². The summed E-state index contributed by atoms with van der Waals surface area (Å²) in [7, 11) is 0. The fourth-order valence-corrected chi connectivity index (χ4v) is 0.807. The number of hydrogen-bond acceptors (Lipinski definition) is 1. The van der Waals surface area contributed by atoms with Crippen LogP contribution in [0.3, 0.4) is 0 Å². The molecule has 0 aliphatic heterocycles. The summed E-state index contributed by atoms with van der Waals surface area (Å²) in [5, 5.41) is 0. The number of halogens is 3. The summed E-state index contributed by atoms with van der Waals surface area (Å²) < 4.78 is 29.0. The standard InChI is InChI=1S/C7H9NS.CHF3/c8-5-6-1-3-7(9)4-2-6;2-1(3)4/h1-4,9H,5,8H2;1H/p+1. The van der Waals surface area contributed by atoms with Crippen LogP contribution in [0.2, 0.25) is 0 Å². The second-order valence-electron chi connectivity index (χ2n) is 2.15. The van der Waals surface area contributed by atoms with Crippen LogP contribution in [-0.2, 0) is 19.2 Å². The Bertz CT molecular complexity index is 223. The molecule has 1 aromatic carbocycles. The quantitative estimate of drug-likeness (QED) is 0.701. The summed E-state index contributed by atoms with van der Waals surface area (Å²) in [6, 6.07) is 7.98. The summed E-state index contributed by atoms with van der Waals surface area (Å²) in [5.74, 6) is 0. The summed E-state index contributed by atoms with van der Waals surface area (Å²) in [5.41, 5.74) is 6.55. The first-order chi connectivity index (χ1) is 6.06. The average Bonchev–Trinajstić information content (AvgIpc) is 2.05. The Morgan fingerprint density at radius 3 is 1.85 bits per heavy atom. The molecule has 0 fully saturated rings. The minimum absolute atomic E-state index is 0.618. The van der Waals surface area contributed by atoms with Crippen LogP contribution in [0.15, 0.2) is 29.2 Å². The van der Waals surface area contributed by atoms with Crippen molar-refractivity contribution in [2.45, 2.75) is 18.1 Å². The molecule has 0 unspecified atom stereocenters. The molecule has 13 heavy (non-hydrogen) atoms. The van der Waals surface area contributed by atoms with E-state index in [2.05, 4.69) is 12.6 Å². The third-order valence-corrected chi connectivity index (χ3v) is 1.52. The highest BCUT2D eigenvalue weighted by Gasteiger charge is 1.89. The fourth-order valence-electron chi connectivity index (χ4n) is 0.641. The van der Waals surface area contributed by atoms with Gasteiger partial charge in [-0.05, 0) is 30.3 Å². The van der Waals surface area contributed by atoms with E-state index in [0.29, 0.717) is 6.54 Å². The lowest BCUT2D eigenvalue weighted by Gasteiger charge is -1.91. The van der Waals surface area contributed by atoms with Crippen molar-refractivity contribution in [1.82, 2.24) is 0 Å². The molecular weight excluding hydrogens is 199 g/mol. The lowest BCUT2D eigenvalue weighted by atomic mass is 10.2. The minimum atomic E-state index is -3.67. The molecule has 74 valence electrons. The van der Waals surface area contributed by atoms with Gasteiger partial charge in [0.2, 0.25) is 0 Å². The topological polar surface area (TPSA) is 26.0 Å². The Balaban J connectivity index is 0.000000310. The molecule has 1 rings (SSSR count). The smallest absolute Gasteiger partial charge is 0.326 e. The van der Waals surface area contributed by atoms with E-state index in [4.69, 9.17) is 5.73 Å². The Kier molecular flexibility index (Phi) is 6.44. The number of nitrogens with two attached hydrogens (primary N) is 1. The summed E-state index contributed by atoms with van der Waals surface area (Å²) in [6.07, 6.45) is 0. The molecule has 0 heterocycles. The predicted molar refractivity (Wildman–Crippen MR) is 49.9 cm³/mol. The SMILES string of the molecule is FC(F)F.NCc1ccc([SH2+])cc1. The van der Waals surface area contributed by atoms with Gasteiger partial charge in [0.05, 0.1) is 0 Å². The van der Waals surface area contributed by atoms with Gasteiger partial charge < -0.3 is 5.73 Å². The van der Waals surface area contributed by atoms with Crippen LogP contribution >= 0.6 is 0 Å². The lowest BCUT2D eigenvalue weighted by molar-refractivity contribution is 0.00819. The number of alkyl halides is 3. The molecule has 2 N–H and O–H groups in total. The van der Waals surface area contributed by atoms with Gasteiger partial charge in [0.25, 0.3) is 0 Å². The first kappa shape index (κ1) is 12.3. The minimum Gasteiger partial charge on any atom is -0.326 e. The molecule has 1 aromatic rings. The monoisotopic (exact) mass is 210 g/mol. The fraction of sp³-hybridized carbons (Fsp3) is 0.250. The molecule has 0 atom stereocenters. The van der Waals surface area contributed by atoms with E-state index in [1.54, 1.807) is 0 Å². The van der Waals surface area contributed by atoms with Crippen LogP contribution in [0.5, 0.6) is 0 Å². The molecule has 0 aliphatic carbocycles. The molecule has 0 spiro atoms. The van der Waals surface area contributed by atoms with Crippen LogP contribution in [0, 0.1) is 0 Å². The van der Waals surface area contributed by atoms with Gasteiger partial charge in [0, 0.05) is 6.54 Å². The highest BCUT2D eigenvalue weighted by atomic mass is 32.1. The van der Waals surface area contributed by atoms with Gasteiger partial charge in [-0.3, -0.25) is 0 Å². The van der Waals surface area contributed by atoms with Gasteiger partial charge in [0.15, 0.2) is 0 Å². The maximum Gasteiger partial charge on any atom is 0.379 e. The van der Waals surface area contributed by atoms with Gasteiger partial charge in [-0.2, -0.15) is 13.2 Å². The van der Waals surface area contributed by atoms with Crippen molar-refractivity contribution in [3.63, 3.8) is 0 Å². The summed E-state index contributed by atoms with van der Waals surface area (Å²) >= 11 is 3.38. The lowest BCUT2D eigenvalue weighted by Crippen LogP contribution is -1.94. The molecule has 0 saturated heterocycles. The van der Waals surface area contributed by atoms with Crippen LogP contribution in [-0.4, -0.2) is 6.68 Å². The largest absolute Gasteiger partial charge is 0.379 e. The van der Waals surface area contributed by atoms with Crippen molar-refractivity contribution < 1.29 is 13.2 Å². The van der Waals surface area contributed by atoms with E-state index >= 15 is 0 Å². The first-order valence-corrected chi connectivity index (χ1v) is 3.99. The van der Waals surface area contributed by atoms with Gasteiger partial charge in [-0.25, -0.2) is 0 Å². The molecule has 0 amide bonds. The summed E-state index contributed by atoms with van der Waals surface area (Å²) in [4.78, 5) is 1.09. The van der Waals surface area contributed by atoms with Crippen molar-refractivity contribution in [3.8, 4) is 0 Å². The molecule has 1 nitrogen and oxygen atoms in total. The van der Waals surface area contributed by atoms with Crippen molar-refractivity contribution in [1.29, 1.82) is 0 Å². The highest BCUT2D eigenvalue weighted by molar-refractivity contribution is 7.58. The zero-order chi connectivity index (χ0) is 10.3. The molecule has 0 aromatic heterocycles. The Hall–Kier alpha value is -0.680. The van der Waals surface area contributed by atoms with E-state index in [0.717, 1.165) is 10.5 Å². The Morgan fingerprint density at radius 2 is 1.54 bits per heavy atom. The van der Waals surface area contributed by atoms with Gasteiger partial charge in [-0.15, -0.1) is 0 Å². The zero-order valence-electron chi connectivity index (χ0n) is 6.81.